The van der Waals surface area contributed by atoms with Crippen LogP contribution in [-0.2, 0) is 6.18 Å². The van der Waals surface area contributed by atoms with Gasteiger partial charge in [-0.05, 0) is 72.8 Å². The van der Waals surface area contributed by atoms with Crippen molar-refractivity contribution in [3.63, 3.8) is 0 Å². The maximum Gasteiger partial charge on any atom is 0.417 e. The Morgan fingerprint density at radius 2 is 1.00 bits per heavy atom. The van der Waals surface area contributed by atoms with Crippen LogP contribution in [0.15, 0.2) is 103 Å². The SMILES string of the molecule is FC(F)(F)c1c(-c2ccccc2)cc2ccc3cc(-c4ccccc4)cc4ccc1c2c34. The fourth-order valence-corrected chi connectivity index (χ4v) is 4.84. The first-order valence-corrected chi connectivity index (χ1v) is 10.4. The van der Waals surface area contributed by atoms with E-state index in [0.717, 1.165) is 32.7 Å². The van der Waals surface area contributed by atoms with Crippen LogP contribution in [0.1, 0.15) is 5.56 Å². The highest BCUT2D eigenvalue weighted by atomic mass is 19.4. The average molecular weight is 422 g/mol. The minimum absolute atomic E-state index is 0.217. The lowest BCUT2D eigenvalue weighted by atomic mass is 9.86. The predicted octanol–water partition coefficient (Wildman–Crippen LogP) is 8.94. The van der Waals surface area contributed by atoms with E-state index in [1.807, 2.05) is 54.6 Å². The van der Waals surface area contributed by atoms with Crippen LogP contribution >= 0.6 is 0 Å². The van der Waals surface area contributed by atoms with Crippen LogP contribution < -0.4 is 0 Å². The van der Waals surface area contributed by atoms with E-state index < -0.39 is 11.7 Å². The Bertz CT molecular complexity index is 1560. The van der Waals surface area contributed by atoms with Gasteiger partial charge in [0, 0.05) is 0 Å². The van der Waals surface area contributed by atoms with E-state index in [9.17, 15) is 13.2 Å². The molecule has 6 aromatic carbocycles. The van der Waals surface area contributed by atoms with Crippen molar-refractivity contribution in [1.82, 2.24) is 0 Å². The normalized spacial score (nSPS) is 12.2. The number of hydrogen-bond donors (Lipinski definition) is 0. The summed E-state index contributed by atoms with van der Waals surface area (Å²) in [4.78, 5) is 0. The Balaban J connectivity index is 1.73. The number of benzene rings is 6. The molecule has 0 heterocycles. The number of hydrogen-bond acceptors (Lipinski definition) is 0. The average Bonchev–Trinajstić information content (AvgIpc) is 2.82. The Morgan fingerprint density at radius 1 is 0.469 bits per heavy atom. The van der Waals surface area contributed by atoms with Crippen molar-refractivity contribution < 1.29 is 13.2 Å². The Morgan fingerprint density at radius 3 is 1.59 bits per heavy atom. The molecule has 6 aromatic rings. The van der Waals surface area contributed by atoms with Gasteiger partial charge in [-0.1, -0.05) is 84.9 Å². The summed E-state index contributed by atoms with van der Waals surface area (Å²) in [6.07, 6.45) is -4.47. The Hall–Kier alpha value is -3.85. The molecule has 0 N–H and O–H groups in total. The van der Waals surface area contributed by atoms with Crippen molar-refractivity contribution in [2.24, 2.45) is 0 Å². The summed E-state index contributed by atoms with van der Waals surface area (Å²) in [5.74, 6) is 0. The summed E-state index contributed by atoms with van der Waals surface area (Å²) < 4.78 is 43.1. The van der Waals surface area contributed by atoms with Gasteiger partial charge in [-0.2, -0.15) is 13.2 Å². The monoisotopic (exact) mass is 422 g/mol. The van der Waals surface area contributed by atoms with Gasteiger partial charge in [0.25, 0.3) is 0 Å². The standard InChI is InChI=1S/C29H17F3/c30-29(31,32)28-24-14-13-21-16-23(18-7-3-1-4-8-18)15-20-11-12-22(27(24)26(20)21)17-25(28)19-9-5-2-6-10-19/h1-17H. The van der Waals surface area contributed by atoms with Crippen molar-refractivity contribution >= 4 is 32.3 Å². The summed E-state index contributed by atoms with van der Waals surface area (Å²) in [5.41, 5.74) is 2.35. The molecule has 0 fully saturated rings. The molecule has 0 saturated carbocycles. The second kappa shape index (κ2) is 6.83. The number of rotatable bonds is 2. The molecule has 0 unspecified atom stereocenters. The molecule has 0 bridgehead atoms. The highest BCUT2D eigenvalue weighted by molar-refractivity contribution is 6.25. The molecule has 0 aliphatic carbocycles. The topological polar surface area (TPSA) is 0 Å². The van der Waals surface area contributed by atoms with E-state index in [1.54, 1.807) is 36.4 Å². The van der Waals surface area contributed by atoms with E-state index in [0.29, 0.717) is 10.9 Å². The maximum absolute atomic E-state index is 14.4. The van der Waals surface area contributed by atoms with Gasteiger partial charge in [0.05, 0.1) is 5.56 Å². The van der Waals surface area contributed by atoms with Gasteiger partial charge in [0.15, 0.2) is 0 Å². The van der Waals surface area contributed by atoms with Gasteiger partial charge < -0.3 is 0 Å². The van der Waals surface area contributed by atoms with Crippen molar-refractivity contribution in [1.29, 1.82) is 0 Å². The maximum atomic E-state index is 14.4. The van der Waals surface area contributed by atoms with Gasteiger partial charge in [-0.15, -0.1) is 0 Å². The zero-order valence-corrected chi connectivity index (χ0v) is 16.9. The van der Waals surface area contributed by atoms with Gasteiger partial charge in [0.2, 0.25) is 0 Å². The van der Waals surface area contributed by atoms with Crippen molar-refractivity contribution in [2.75, 3.05) is 0 Å². The molecule has 0 amide bonds. The fourth-order valence-electron chi connectivity index (χ4n) is 4.84. The van der Waals surface area contributed by atoms with Crippen LogP contribution in [-0.4, -0.2) is 0 Å². The van der Waals surface area contributed by atoms with Crippen molar-refractivity contribution in [3.8, 4) is 22.3 Å². The van der Waals surface area contributed by atoms with Gasteiger partial charge in [0.1, 0.15) is 0 Å². The first-order chi connectivity index (χ1) is 15.5. The molecule has 0 aliphatic rings. The first-order valence-electron chi connectivity index (χ1n) is 10.4. The predicted molar refractivity (Wildman–Crippen MR) is 126 cm³/mol. The zero-order valence-electron chi connectivity index (χ0n) is 16.9. The van der Waals surface area contributed by atoms with Crippen LogP contribution in [0.2, 0.25) is 0 Å². The number of halogens is 3. The van der Waals surface area contributed by atoms with Crippen LogP contribution in [0, 0.1) is 0 Å². The van der Waals surface area contributed by atoms with E-state index in [4.69, 9.17) is 0 Å². The smallest absolute Gasteiger partial charge is 0.166 e. The molecule has 0 nitrogen and oxygen atoms in total. The summed E-state index contributed by atoms with van der Waals surface area (Å²) in [6, 6.07) is 32.1. The lowest BCUT2D eigenvalue weighted by Crippen LogP contribution is -2.09. The second-order valence-electron chi connectivity index (χ2n) is 8.10. The summed E-state index contributed by atoms with van der Waals surface area (Å²) in [5, 5.41) is 4.51. The third-order valence-electron chi connectivity index (χ3n) is 6.19. The van der Waals surface area contributed by atoms with Crippen molar-refractivity contribution in [3.05, 3.63) is 109 Å². The van der Waals surface area contributed by atoms with E-state index in [2.05, 4.69) is 12.1 Å². The van der Waals surface area contributed by atoms with Crippen LogP contribution in [0.3, 0.4) is 0 Å². The summed E-state index contributed by atoms with van der Waals surface area (Å²) >= 11 is 0. The third kappa shape index (κ3) is 2.85. The zero-order chi connectivity index (χ0) is 21.9. The van der Waals surface area contributed by atoms with E-state index in [1.165, 1.54) is 0 Å². The summed E-state index contributed by atoms with van der Waals surface area (Å²) in [6.45, 7) is 0. The molecule has 0 radical (unpaired) electrons. The van der Waals surface area contributed by atoms with Crippen LogP contribution in [0.5, 0.6) is 0 Å². The third-order valence-corrected chi connectivity index (χ3v) is 6.19. The van der Waals surface area contributed by atoms with Gasteiger partial charge >= 0.3 is 6.18 Å². The van der Waals surface area contributed by atoms with Crippen LogP contribution in [0.25, 0.3) is 54.6 Å². The highest BCUT2D eigenvalue weighted by Crippen LogP contribution is 2.46. The van der Waals surface area contributed by atoms with Crippen LogP contribution in [0.4, 0.5) is 13.2 Å². The molecule has 0 spiro atoms. The minimum Gasteiger partial charge on any atom is -0.166 e. The summed E-state index contributed by atoms with van der Waals surface area (Å²) in [7, 11) is 0. The molecule has 0 atom stereocenters. The molecule has 6 rings (SSSR count). The van der Waals surface area contributed by atoms with Crippen molar-refractivity contribution in [2.45, 2.75) is 6.18 Å². The molecule has 32 heavy (non-hydrogen) atoms. The second-order valence-corrected chi connectivity index (χ2v) is 8.10. The Labute approximate surface area is 182 Å². The molecule has 3 heteroatoms. The molecule has 154 valence electrons. The molecular formula is C29H17F3. The molecule has 0 aliphatic heterocycles. The fraction of sp³-hybridized carbons (Fsp3) is 0.0345. The lowest BCUT2D eigenvalue weighted by Gasteiger charge is -2.20. The first kappa shape index (κ1) is 18.9. The molecule has 0 aromatic heterocycles. The number of alkyl halides is 3. The highest BCUT2D eigenvalue weighted by Gasteiger charge is 2.36. The molecular weight excluding hydrogens is 405 g/mol. The van der Waals surface area contributed by atoms with Gasteiger partial charge in [-0.3, -0.25) is 0 Å². The largest absolute Gasteiger partial charge is 0.417 e. The van der Waals surface area contributed by atoms with E-state index >= 15 is 0 Å². The quantitative estimate of drug-likeness (QED) is 0.244. The Kier molecular flexibility index (Phi) is 4.03. The minimum atomic E-state index is -4.47. The lowest BCUT2D eigenvalue weighted by molar-refractivity contribution is -0.135. The molecule has 0 saturated heterocycles. The van der Waals surface area contributed by atoms with Gasteiger partial charge in [-0.25, -0.2) is 0 Å². The van der Waals surface area contributed by atoms with E-state index in [-0.39, 0.29) is 10.9 Å².